The molecule has 7 heteroatoms. The average Bonchev–Trinajstić information content (AvgIpc) is 2.99. The highest BCUT2D eigenvalue weighted by Gasteiger charge is 2.35. The summed E-state index contributed by atoms with van der Waals surface area (Å²) in [4.78, 5) is 29.0. The molecule has 3 fully saturated rings. The predicted molar refractivity (Wildman–Crippen MR) is 108 cm³/mol. The number of piperazine rings is 1. The van der Waals surface area contributed by atoms with Gasteiger partial charge in [0.15, 0.2) is 0 Å². The molecule has 5 nitrogen and oxygen atoms in total. The highest BCUT2D eigenvalue weighted by molar-refractivity contribution is 6.30. The summed E-state index contributed by atoms with van der Waals surface area (Å²) in [6, 6.07) is 8.30. The third kappa shape index (κ3) is 4.76. The van der Waals surface area contributed by atoms with Crippen molar-refractivity contribution in [1.29, 1.82) is 0 Å². The van der Waals surface area contributed by atoms with Crippen molar-refractivity contribution >= 4 is 35.8 Å². The van der Waals surface area contributed by atoms with E-state index in [4.69, 9.17) is 11.6 Å². The molecule has 27 heavy (non-hydrogen) atoms. The van der Waals surface area contributed by atoms with Gasteiger partial charge in [-0.1, -0.05) is 17.7 Å². The van der Waals surface area contributed by atoms with Crippen LogP contribution in [0.15, 0.2) is 24.3 Å². The maximum atomic E-state index is 12.7. The monoisotopic (exact) mass is 411 g/mol. The third-order valence-corrected chi connectivity index (χ3v) is 6.26. The first kappa shape index (κ1) is 20.4. The minimum absolute atomic E-state index is 0. The number of piperidine rings is 1. The van der Waals surface area contributed by atoms with Gasteiger partial charge in [-0.15, -0.1) is 12.4 Å². The van der Waals surface area contributed by atoms with E-state index < -0.39 is 0 Å². The predicted octanol–water partition coefficient (Wildman–Crippen LogP) is 2.97. The Hall–Kier alpha value is -1.30. The first-order valence-corrected chi connectivity index (χ1v) is 10.0. The van der Waals surface area contributed by atoms with Gasteiger partial charge >= 0.3 is 0 Å². The maximum Gasteiger partial charge on any atom is 0.254 e. The van der Waals surface area contributed by atoms with Crippen LogP contribution in [0.2, 0.25) is 5.02 Å². The Morgan fingerprint density at radius 2 is 1.67 bits per heavy atom. The smallest absolute Gasteiger partial charge is 0.254 e. The van der Waals surface area contributed by atoms with Crippen LogP contribution in [0.5, 0.6) is 0 Å². The largest absolute Gasteiger partial charge is 0.339 e. The molecule has 0 spiro atoms. The quantitative estimate of drug-likeness (QED) is 0.831. The molecular formula is C20H27Cl2N3O2. The number of carbonyl (C=O) groups is 2. The average molecular weight is 412 g/mol. The van der Waals surface area contributed by atoms with E-state index in [1.807, 2.05) is 9.80 Å². The van der Waals surface area contributed by atoms with Crippen LogP contribution in [-0.4, -0.2) is 59.9 Å². The highest BCUT2D eigenvalue weighted by atomic mass is 35.5. The lowest BCUT2D eigenvalue weighted by molar-refractivity contribution is -0.134. The fraction of sp³-hybridized carbons (Fsp3) is 0.600. The Kier molecular flexibility index (Phi) is 6.66. The van der Waals surface area contributed by atoms with E-state index in [-0.39, 0.29) is 24.2 Å². The van der Waals surface area contributed by atoms with E-state index in [9.17, 15) is 9.59 Å². The molecule has 4 rings (SSSR count). The molecule has 2 amide bonds. The molecule has 0 aliphatic carbocycles. The lowest BCUT2D eigenvalue weighted by atomic mass is 9.89. The summed E-state index contributed by atoms with van der Waals surface area (Å²) in [7, 11) is 0. The lowest BCUT2D eigenvalue weighted by Crippen LogP contribution is -2.51. The van der Waals surface area contributed by atoms with Gasteiger partial charge in [-0.25, -0.2) is 0 Å². The summed E-state index contributed by atoms with van der Waals surface area (Å²) in [5, 5.41) is 4.20. The van der Waals surface area contributed by atoms with Gasteiger partial charge in [0.25, 0.3) is 5.91 Å². The Balaban J connectivity index is 0.00000210. The number of hydrogen-bond donors (Lipinski definition) is 1. The number of carbonyl (C=O) groups excluding carboxylic acids is 2. The molecule has 1 N–H and O–H groups in total. The minimum Gasteiger partial charge on any atom is -0.339 e. The van der Waals surface area contributed by atoms with E-state index in [1.165, 1.54) is 12.8 Å². The van der Waals surface area contributed by atoms with Crippen LogP contribution < -0.4 is 5.32 Å². The maximum absolute atomic E-state index is 12.7. The van der Waals surface area contributed by atoms with Crippen LogP contribution in [0.3, 0.4) is 0 Å². The van der Waals surface area contributed by atoms with Gasteiger partial charge in [-0.05, 0) is 49.8 Å². The van der Waals surface area contributed by atoms with Crippen molar-refractivity contribution < 1.29 is 9.59 Å². The molecule has 0 radical (unpaired) electrons. The van der Waals surface area contributed by atoms with E-state index in [0.29, 0.717) is 61.2 Å². The van der Waals surface area contributed by atoms with Gasteiger partial charge in [0, 0.05) is 55.3 Å². The zero-order chi connectivity index (χ0) is 18.1. The first-order valence-electron chi connectivity index (χ1n) is 9.67. The normalized spacial score (nSPS) is 27.2. The molecule has 2 unspecified atom stereocenters. The van der Waals surface area contributed by atoms with E-state index in [2.05, 4.69) is 5.32 Å². The molecule has 3 aliphatic rings. The van der Waals surface area contributed by atoms with Crippen molar-refractivity contribution in [2.45, 2.75) is 44.2 Å². The number of nitrogens with zero attached hydrogens (tertiary/aromatic N) is 2. The standard InChI is InChI=1S/C20H26ClN3O2.ClH/c21-16-3-1-2-15(13-16)20(26)24-8-6-23(7-9-24)19(25)12-14-10-17-4-5-18(11-14)22-17;/h1-3,13-14,17-18,22H,4-12H2;1H. The molecule has 0 aromatic heterocycles. The fourth-order valence-electron chi connectivity index (χ4n) is 4.68. The van der Waals surface area contributed by atoms with E-state index >= 15 is 0 Å². The molecule has 2 atom stereocenters. The van der Waals surface area contributed by atoms with Gasteiger partial charge in [0.05, 0.1) is 0 Å². The Labute approximate surface area is 171 Å². The number of rotatable bonds is 3. The van der Waals surface area contributed by atoms with Gasteiger partial charge < -0.3 is 15.1 Å². The summed E-state index contributed by atoms with van der Waals surface area (Å²) < 4.78 is 0. The second kappa shape index (κ2) is 8.80. The van der Waals surface area contributed by atoms with Crippen molar-refractivity contribution in [3.8, 4) is 0 Å². The molecule has 1 aromatic rings. The number of nitrogens with one attached hydrogen (secondary N) is 1. The second-order valence-electron chi connectivity index (χ2n) is 7.86. The van der Waals surface area contributed by atoms with Crippen molar-refractivity contribution in [2.75, 3.05) is 26.2 Å². The molecule has 0 saturated carbocycles. The van der Waals surface area contributed by atoms with E-state index in [0.717, 1.165) is 12.8 Å². The van der Waals surface area contributed by atoms with Crippen molar-refractivity contribution in [3.05, 3.63) is 34.9 Å². The van der Waals surface area contributed by atoms with Gasteiger partial charge in [0.2, 0.25) is 5.91 Å². The molecular weight excluding hydrogens is 385 g/mol. The number of halogens is 2. The molecule has 2 bridgehead atoms. The molecule has 3 aliphatic heterocycles. The van der Waals surface area contributed by atoms with E-state index in [1.54, 1.807) is 24.3 Å². The van der Waals surface area contributed by atoms with Crippen LogP contribution in [-0.2, 0) is 4.79 Å². The lowest BCUT2D eigenvalue weighted by Gasteiger charge is -2.36. The second-order valence-corrected chi connectivity index (χ2v) is 8.30. The molecule has 148 valence electrons. The molecule has 1 aromatic carbocycles. The van der Waals surface area contributed by atoms with Crippen LogP contribution >= 0.6 is 24.0 Å². The van der Waals surface area contributed by atoms with Crippen LogP contribution in [0.4, 0.5) is 0 Å². The summed E-state index contributed by atoms with van der Waals surface area (Å²) in [6.07, 6.45) is 5.46. The number of hydrogen-bond acceptors (Lipinski definition) is 3. The van der Waals surface area contributed by atoms with Crippen molar-refractivity contribution in [1.82, 2.24) is 15.1 Å². The summed E-state index contributed by atoms with van der Waals surface area (Å²) in [5.41, 5.74) is 0.613. The Bertz CT molecular complexity index is 680. The minimum atomic E-state index is -0.00507. The SMILES string of the molecule is Cl.O=C(CC1CC2CCC(C1)N2)N1CCN(C(=O)c2cccc(Cl)c2)CC1. The number of benzene rings is 1. The fourth-order valence-corrected chi connectivity index (χ4v) is 4.87. The van der Waals surface area contributed by atoms with Crippen molar-refractivity contribution in [2.24, 2.45) is 5.92 Å². The van der Waals surface area contributed by atoms with Crippen LogP contribution in [0, 0.1) is 5.92 Å². The van der Waals surface area contributed by atoms with Gasteiger partial charge in [-0.2, -0.15) is 0 Å². The van der Waals surface area contributed by atoms with Crippen LogP contribution in [0.1, 0.15) is 42.5 Å². The van der Waals surface area contributed by atoms with Gasteiger partial charge in [-0.3, -0.25) is 9.59 Å². The first-order chi connectivity index (χ1) is 12.6. The highest BCUT2D eigenvalue weighted by Crippen LogP contribution is 2.33. The number of amides is 2. The topological polar surface area (TPSA) is 52.7 Å². The van der Waals surface area contributed by atoms with Gasteiger partial charge in [0.1, 0.15) is 0 Å². The zero-order valence-corrected chi connectivity index (χ0v) is 17.0. The van der Waals surface area contributed by atoms with Crippen molar-refractivity contribution in [3.63, 3.8) is 0 Å². The Morgan fingerprint density at radius 1 is 1.04 bits per heavy atom. The molecule has 3 heterocycles. The third-order valence-electron chi connectivity index (χ3n) is 6.03. The molecule has 3 saturated heterocycles. The van der Waals surface area contributed by atoms with Crippen LogP contribution in [0.25, 0.3) is 0 Å². The Morgan fingerprint density at radius 3 is 2.30 bits per heavy atom. The zero-order valence-electron chi connectivity index (χ0n) is 15.4. The summed E-state index contributed by atoms with van der Waals surface area (Å²) in [6.45, 7) is 2.44. The number of fused-ring (bicyclic) bond motifs is 2. The summed E-state index contributed by atoms with van der Waals surface area (Å²) in [5.74, 6) is 0.771. The summed E-state index contributed by atoms with van der Waals surface area (Å²) >= 11 is 5.98.